The maximum Gasteiger partial charge on any atom is 0.308 e. The minimum absolute atomic E-state index is 0.0224. The first-order valence-corrected chi connectivity index (χ1v) is 7.11. The maximum atomic E-state index is 11.2. The third kappa shape index (κ3) is 3.39. The summed E-state index contributed by atoms with van der Waals surface area (Å²) in [7, 11) is 0. The number of likely N-dealkylation sites (tertiary alicyclic amines) is 1. The van der Waals surface area contributed by atoms with Gasteiger partial charge in [0.25, 0.3) is 5.69 Å². The third-order valence-corrected chi connectivity index (χ3v) is 4.35. The lowest BCUT2D eigenvalue weighted by molar-refractivity contribution is -0.384. The number of aryl methyl sites for hydroxylation is 1. The summed E-state index contributed by atoms with van der Waals surface area (Å²) in [5, 5.41) is 20.0. The van der Waals surface area contributed by atoms with Gasteiger partial charge in [-0.1, -0.05) is 6.07 Å². The van der Waals surface area contributed by atoms with Gasteiger partial charge in [0.1, 0.15) is 0 Å². The molecule has 1 aromatic rings. The highest BCUT2D eigenvalue weighted by atomic mass is 16.6. The van der Waals surface area contributed by atoms with E-state index in [1.165, 1.54) is 6.07 Å². The number of nitrogens with zero attached hydrogens (tertiary/aromatic N) is 2. The van der Waals surface area contributed by atoms with Crippen molar-refractivity contribution in [3.8, 4) is 0 Å². The van der Waals surface area contributed by atoms with Gasteiger partial charge in [0, 0.05) is 24.7 Å². The van der Waals surface area contributed by atoms with Crippen molar-refractivity contribution < 1.29 is 14.8 Å². The van der Waals surface area contributed by atoms with Gasteiger partial charge in [0.2, 0.25) is 0 Å². The summed E-state index contributed by atoms with van der Waals surface area (Å²) in [6.45, 7) is 5.29. The van der Waals surface area contributed by atoms with Gasteiger partial charge in [0.15, 0.2) is 0 Å². The molecule has 6 nitrogen and oxygen atoms in total. The van der Waals surface area contributed by atoms with Crippen LogP contribution in [0.1, 0.15) is 30.9 Å². The first-order valence-electron chi connectivity index (χ1n) is 7.11. The van der Waals surface area contributed by atoms with E-state index in [0.717, 1.165) is 24.1 Å². The molecule has 1 aliphatic rings. The lowest BCUT2D eigenvalue weighted by Gasteiger charge is -2.37. The van der Waals surface area contributed by atoms with E-state index in [1.54, 1.807) is 12.1 Å². The van der Waals surface area contributed by atoms with E-state index in [9.17, 15) is 20.0 Å². The normalized spacial score (nSPS) is 23.0. The summed E-state index contributed by atoms with van der Waals surface area (Å²) in [6.07, 6.45) is 1.58. The van der Waals surface area contributed by atoms with Crippen LogP contribution >= 0.6 is 0 Å². The van der Waals surface area contributed by atoms with Crippen LogP contribution in [-0.4, -0.2) is 33.5 Å². The standard InChI is InChI=1S/C15H20N2O4/c1-10-8-13(17(20)21)6-5-12(10)9-16-7-3-4-14(11(16)2)15(18)19/h5-6,8,11,14H,3-4,7,9H2,1-2H3,(H,18,19)/t11-,14-/m1/s1. The number of rotatable bonds is 4. The zero-order valence-corrected chi connectivity index (χ0v) is 12.3. The molecule has 0 amide bonds. The monoisotopic (exact) mass is 292 g/mol. The number of carboxylic acid groups (broad SMARTS) is 1. The zero-order chi connectivity index (χ0) is 15.6. The molecule has 6 heteroatoms. The summed E-state index contributed by atoms with van der Waals surface area (Å²) in [6, 6.07) is 4.82. The van der Waals surface area contributed by atoms with Crippen LogP contribution in [0.3, 0.4) is 0 Å². The summed E-state index contributed by atoms with van der Waals surface area (Å²) >= 11 is 0. The molecule has 114 valence electrons. The average Bonchev–Trinajstić information content (AvgIpc) is 2.42. The Labute approximate surface area is 123 Å². The highest BCUT2D eigenvalue weighted by molar-refractivity contribution is 5.71. The molecule has 0 aromatic heterocycles. The molecule has 1 heterocycles. The molecule has 0 bridgehead atoms. The van der Waals surface area contributed by atoms with Crippen LogP contribution in [0.4, 0.5) is 5.69 Å². The average molecular weight is 292 g/mol. The summed E-state index contributed by atoms with van der Waals surface area (Å²) in [5.41, 5.74) is 1.97. The molecule has 0 saturated carbocycles. The third-order valence-electron chi connectivity index (χ3n) is 4.35. The Kier molecular flexibility index (Phi) is 4.57. The van der Waals surface area contributed by atoms with Crippen LogP contribution in [0, 0.1) is 23.0 Å². The van der Waals surface area contributed by atoms with E-state index in [1.807, 2.05) is 13.8 Å². The quantitative estimate of drug-likeness (QED) is 0.681. The van der Waals surface area contributed by atoms with E-state index >= 15 is 0 Å². The van der Waals surface area contributed by atoms with Crippen molar-refractivity contribution in [1.82, 2.24) is 4.90 Å². The predicted octanol–water partition coefficient (Wildman–Crippen LogP) is 2.59. The lowest BCUT2D eigenvalue weighted by atomic mass is 9.89. The van der Waals surface area contributed by atoms with Gasteiger partial charge in [-0.05, 0) is 44.4 Å². The highest BCUT2D eigenvalue weighted by Gasteiger charge is 2.32. The largest absolute Gasteiger partial charge is 0.481 e. The van der Waals surface area contributed by atoms with Gasteiger partial charge in [0.05, 0.1) is 10.8 Å². The fourth-order valence-electron chi connectivity index (χ4n) is 2.96. The van der Waals surface area contributed by atoms with E-state index in [4.69, 9.17) is 0 Å². The first-order chi connectivity index (χ1) is 9.90. The minimum Gasteiger partial charge on any atom is -0.481 e. The van der Waals surface area contributed by atoms with Crippen molar-refractivity contribution in [2.75, 3.05) is 6.54 Å². The molecule has 0 unspecified atom stereocenters. The molecule has 2 atom stereocenters. The zero-order valence-electron chi connectivity index (χ0n) is 12.3. The second-order valence-electron chi connectivity index (χ2n) is 5.67. The van der Waals surface area contributed by atoms with Gasteiger partial charge in [-0.25, -0.2) is 0 Å². The smallest absolute Gasteiger partial charge is 0.308 e. The predicted molar refractivity (Wildman–Crippen MR) is 78.1 cm³/mol. The molecule has 0 aliphatic carbocycles. The van der Waals surface area contributed by atoms with Crippen LogP contribution < -0.4 is 0 Å². The van der Waals surface area contributed by atoms with Crippen LogP contribution in [0.2, 0.25) is 0 Å². The number of carbonyl (C=O) groups is 1. The molecule has 0 spiro atoms. The number of piperidine rings is 1. The Hall–Kier alpha value is -1.95. The van der Waals surface area contributed by atoms with Gasteiger partial charge in [-0.15, -0.1) is 0 Å². The molecule has 1 fully saturated rings. The maximum absolute atomic E-state index is 11.2. The molecule has 2 rings (SSSR count). The summed E-state index contributed by atoms with van der Waals surface area (Å²) < 4.78 is 0. The van der Waals surface area contributed by atoms with Gasteiger partial charge in [-0.2, -0.15) is 0 Å². The van der Waals surface area contributed by atoms with Crippen LogP contribution in [0.25, 0.3) is 0 Å². The number of hydrogen-bond donors (Lipinski definition) is 1. The number of benzene rings is 1. The second kappa shape index (κ2) is 6.22. The number of aliphatic carboxylic acids is 1. The Bertz CT molecular complexity index is 559. The molecule has 1 N–H and O–H groups in total. The second-order valence-corrected chi connectivity index (χ2v) is 5.67. The number of nitro benzene ring substituents is 1. The number of non-ortho nitro benzene ring substituents is 1. The fourth-order valence-corrected chi connectivity index (χ4v) is 2.96. The molecule has 0 radical (unpaired) electrons. The molecule has 1 aliphatic heterocycles. The van der Waals surface area contributed by atoms with E-state index < -0.39 is 10.9 Å². The Morgan fingerprint density at radius 2 is 2.24 bits per heavy atom. The minimum atomic E-state index is -0.743. The Morgan fingerprint density at radius 3 is 2.81 bits per heavy atom. The van der Waals surface area contributed by atoms with Crippen molar-refractivity contribution in [3.05, 3.63) is 39.4 Å². The fraction of sp³-hybridized carbons (Fsp3) is 0.533. The topological polar surface area (TPSA) is 83.7 Å². The van der Waals surface area contributed by atoms with Crippen LogP contribution in [0.5, 0.6) is 0 Å². The number of hydrogen-bond acceptors (Lipinski definition) is 4. The van der Waals surface area contributed by atoms with Crippen molar-refractivity contribution in [1.29, 1.82) is 0 Å². The molecule has 21 heavy (non-hydrogen) atoms. The molecule has 1 saturated heterocycles. The van der Waals surface area contributed by atoms with Crippen molar-refractivity contribution >= 4 is 11.7 Å². The highest BCUT2D eigenvalue weighted by Crippen LogP contribution is 2.27. The summed E-state index contributed by atoms with van der Waals surface area (Å²) in [4.78, 5) is 23.7. The molecule has 1 aromatic carbocycles. The molecular weight excluding hydrogens is 272 g/mol. The van der Waals surface area contributed by atoms with E-state index in [2.05, 4.69) is 4.90 Å². The van der Waals surface area contributed by atoms with Gasteiger partial charge in [-0.3, -0.25) is 19.8 Å². The van der Waals surface area contributed by atoms with E-state index in [-0.39, 0.29) is 17.6 Å². The SMILES string of the molecule is Cc1cc([N+](=O)[O-])ccc1CN1CCC[C@@H](C(=O)O)[C@H]1C. The van der Waals surface area contributed by atoms with Gasteiger partial charge >= 0.3 is 5.97 Å². The van der Waals surface area contributed by atoms with Gasteiger partial charge < -0.3 is 5.11 Å². The van der Waals surface area contributed by atoms with Crippen molar-refractivity contribution in [2.24, 2.45) is 5.92 Å². The Morgan fingerprint density at radius 1 is 1.52 bits per heavy atom. The summed E-state index contributed by atoms with van der Waals surface area (Å²) in [5.74, 6) is -1.08. The van der Waals surface area contributed by atoms with Crippen molar-refractivity contribution in [3.63, 3.8) is 0 Å². The van der Waals surface area contributed by atoms with E-state index in [0.29, 0.717) is 13.0 Å². The lowest BCUT2D eigenvalue weighted by Crippen LogP contribution is -2.45. The molecular formula is C15H20N2O4. The van der Waals surface area contributed by atoms with Crippen molar-refractivity contribution in [2.45, 2.75) is 39.3 Å². The first kappa shape index (κ1) is 15.4. The number of nitro groups is 1. The van der Waals surface area contributed by atoms with Crippen LogP contribution in [0.15, 0.2) is 18.2 Å². The van der Waals surface area contributed by atoms with Crippen LogP contribution in [-0.2, 0) is 11.3 Å². The number of carboxylic acids is 1. The Balaban J connectivity index is 2.14.